The quantitative estimate of drug-likeness (QED) is 0.778. The SMILES string of the molecule is CC(NC(=O)O)c1nc2ccc(F)cn2c1-c1cncc(F)c1. The molecule has 2 N–H and O–H groups in total. The summed E-state index contributed by atoms with van der Waals surface area (Å²) in [4.78, 5) is 19.0. The Morgan fingerprint density at radius 2 is 2.09 bits per heavy atom. The zero-order valence-electron chi connectivity index (χ0n) is 12.0. The third-order valence-corrected chi connectivity index (χ3v) is 3.34. The molecule has 0 aliphatic carbocycles. The lowest BCUT2D eigenvalue weighted by molar-refractivity contribution is 0.190. The van der Waals surface area contributed by atoms with Crippen LogP contribution in [0.25, 0.3) is 16.9 Å². The second-order valence-corrected chi connectivity index (χ2v) is 4.98. The zero-order chi connectivity index (χ0) is 16.6. The van der Waals surface area contributed by atoms with Gasteiger partial charge in [-0.2, -0.15) is 0 Å². The Labute approximate surface area is 129 Å². The topological polar surface area (TPSA) is 79.5 Å². The van der Waals surface area contributed by atoms with Gasteiger partial charge in [0.25, 0.3) is 0 Å². The van der Waals surface area contributed by atoms with Gasteiger partial charge in [0.05, 0.1) is 23.6 Å². The Kier molecular flexibility index (Phi) is 3.65. The van der Waals surface area contributed by atoms with Crippen molar-refractivity contribution in [2.24, 2.45) is 0 Å². The van der Waals surface area contributed by atoms with Crippen LogP contribution in [0.5, 0.6) is 0 Å². The first-order valence-corrected chi connectivity index (χ1v) is 6.73. The van der Waals surface area contributed by atoms with E-state index >= 15 is 0 Å². The van der Waals surface area contributed by atoms with E-state index in [4.69, 9.17) is 5.11 Å². The van der Waals surface area contributed by atoms with Crippen molar-refractivity contribution in [3.05, 3.63) is 54.1 Å². The van der Waals surface area contributed by atoms with Crippen LogP contribution in [0.2, 0.25) is 0 Å². The molecule has 3 aromatic heterocycles. The number of nitrogens with one attached hydrogen (secondary N) is 1. The number of amides is 1. The number of imidazole rings is 1. The molecule has 0 fully saturated rings. The molecule has 3 rings (SSSR count). The van der Waals surface area contributed by atoms with Crippen molar-refractivity contribution in [2.45, 2.75) is 13.0 Å². The van der Waals surface area contributed by atoms with Crippen LogP contribution in [0.1, 0.15) is 18.7 Å². The van der Waals surface area contributed by atoms with Crippen molar-refractivity contribution < 1.29 is 18.7 Å². The normalized spacial score (nSPS) is 12.3. The lowest BCUT2D eigenvalue weighted by Crippen LogP contribution is -2.25. The first kappa shape index (κ1) is 14.9. The number of fused-ring (bicyclic) bond motifs is 1. The van der Waals surface area contributed by atoms with Crippen molar-refractivity contribution in [3.63, 3.8) is 0 Å². The van der Waals surface area contributed by atoms with Crippen LogP contribution in [0.3, 0.4) is 0 Å². The van der Waals surface area contributed by atoms with E-state index in [9.17, 15) is 13.6 Å². The number of aromatic nitrogens is 3. The Bertz CT molecular complexity index is 894. The second kappa shape index (κ2) is 5.64. The van der Waals surface area contributed by atoms with E-state index < -0.39 is 23.8 Å². The first-order valence-electron chi connectivity index (χ1n) is 6.73. The van der Waals surface area contributed by atoms with E-state index in [1.165, 1.54) is 35.0 Å². The van der Waals surface area contributed by atoms with Gasteiger partial charge in [-0.3, -0.25) is 9.38 Å². The molecule has 0 spiro atoms. The maximum atomic E-state index is 13.6. The summed E-state index contributed by atoms with van der Waals surface area (Å²) in [6, 6.07) is 3.27. The number of carboxylic acid groups (broad SMARTS) is 1. The molecule has 3 aromatic rings. The van der Waals surface area contributed by atoms with Gasteiger partial charge in [-0.1, -0.05) is 0 Å². The van der Waals surface area contributed by atoms with Gasteiger partial charge in [0.1, 0.15) is 17.3 Å². The van der Waals surface area contributed by atoms with Crippen molar-refractivity contribution >= 4 is 11.7 Å². The zero-order valence-corrected chi connectivity index (χ0v) is 12.0. The summed E-state index contributed by atoms with van der Waals surface area (Å²) in [5, 5.41) is 11.2. The molecule has 3 heterocycles. The average Bonchev–Trinajstić information content (AvgIpc) is 2.85. The van der Waals surface area contributed by atoms with E-state index in [0.29, 0.717) is 22.6 Å². The van der Waals surface area contributed by atoms with Crippen LogP contribution >= 0.6 is 0 Å². The molecule has 0 bridgehead atoms. The smallest absolute Gasteiger partial charge is 0.405 e. The molecule has 8 heteroatoms. The number of hydrogen-bond donors (Lipinski definition) is 2. The molecule has 0 radical (unpaired) electrons. The highest BCUT2D eigenvalue weighted by Gasteiger charge is 2.21. The minimum atomic E-state index is -1.22. The minimum Gasteiger partial charge on any atom is -0.465 e. The number of hydrogen-bond acceptors (Lipinski definition) is 3. The summed E-state index contributed by atoms with van der Waals surface area (Å²) >= 11 is 0. The highest BCUT2D eigenvalue weighted by Crippen LogP contribution is 2.29. The molecule has 0 aliphatic rings. The largest absolute Gasteiger partial charge is 0.465 e. The highest BCUT2D eigenvalue weighted by atomic mass is 19.1. The summed E-state index contributed by atoms with van der Waals surface area (Å²) < 4.78 is 28.5. The molecular weight excluding hydrogens is 306 g/mol. The fourth-order valence-electron chi connectivity index (χ4n) is 2.42. The number of rotatable bonds is 3. The maximum Gasteiger partial charge on any atom is 0.405 e. The number of carbonyl (C=O) groups is 1. The first-order chi connectivity index (χ1) is 11.0. The Hall–Kier alpha value is -3.03. The second-order valence-electron chi connectivity index (χ2n) is 4.98. The average molecular weight is 318 g/mol. The fourth-order valence-corrected chi connectivity index (χ4v) is 2.42. The predicted molar refractivity (Wildman–Crippen MR) is 77.9 cm³/mol. The molecular formula is C15H12F2N4O2. The van der Waals surface area contributed by atoms with Crippen LogP contribution in [-0.4, -0.2) is 25.6 Å². The number of halogens is 2. The van der Waals surface area contributed by atoms with Gasteiger partial charge >= 0.3 is 6.09 Å². The highest BCUT2D eigenvalue weighted by molar-refractivity contribution is 5.70. The van der Waals surface area contributed by atoms with E-state index in [2.05, 4.69) is 15.3 Å². The fraction of sp³-hybridized carbons (Fsp3) is 0.133. The summed E-state index contributed by atoms with van der Waals surface area (Å²) in [7, 11) is 0. The van der Waals surface area contributed by atoms with E-state index in [0.717, 1.165) is 6.20 Å². The van der Waals surface area contributed by atoms with Crippen LogP contribution in [0.4, 0.5) is 13.6 Å². The van der Waals surface area contributed by atoms with Gasteiger partial charge in [0, 0.05) is 18.0 Å². The van der Waals surface area contributed by atoms with Gasteiger partial charge in [0.2, 0.25) is 0 Å². The van der Waals surface area contributed by atoms with Crippen LogP contribution in [0, 0.1) is 11.6 Å². The Balaban J connectivity index is 2.26. The van der Waals surface area contributed by atoms with E-state index in [1.54, 1.807) is 6.92 Å². The lowest BCUT2D eigenvalue weighted by Gasteiger charge is -2.12. The van der Waals surface area contributed by atoms with E-state index in [1.807, 2.05) is 0 Å². The summed E-state index contributed by atoms with van der Waals surface area (Å²) in [5.74, 6) is -1.05. The molecule has 1 amide bonds. The van der Waals surface area contributed by atoms with Crippen molar-refractivity contribution in [3.8, 4) is 11.3 Å². The van der Waals surface area contributed by atoms with Gasteiger partial charge in [-0.15, -0.1) is 0 Å². The van der Waals surface area contributed by atoms with Gasteiger partial charge in [-0.05, 0) is 25.1 Å². The molecule has 0 aliphatic heterocycles. The standard InChI is InChI=1S/C15H12F2N4O2/c1-8(19-15(22)23)13-14(9-4-11(17)6-18-5-9)21-7-10(16)2-3-12(21)20-13/h2-8,19H,1H3,(H,22,23). The van der Waals surface area contributed by atoms with E-state index in [-0.39, 0.29) is 0 Å². The maximum absolute atomic E-state index is 13.6. The number of nitrogens with zero attached hydrogens (tertiary/aromatic N) is 3. The molecule has 1 atom stereocenters. The Morgan fingerprint density at radius 3 is 2.78 bits per heavy atom. The molecule has 23 heavy (non-hydrogen) atoms. The minimum absolute atomic E-state index is 0.352. The van der Waals surface area contributed by atoms with Crippen LogP contribution < -0.4 is 5.32 Å². The lowest BCUT2D eigenvalue weighted by atomic mass is 10.1. The number of pyridine rings is 2. The third kappa shape index (κ3) is 2.83. The van der Waals surface area contributed by atoms with Gasteiger partial charge in [0.15, 0.2) is 0 Å². The van der Waals surface area contributed by atoms with Gasteiger partial charge in [-0.25, -0.2) is 18.6 Å². The van der Waals surface area contributed by atoms with Crippen LogP contribution in [-0.2, 0) is 0 Å². The summed E-state index contributed by atoms with van der Waals surface area (Å²) in [6.07, 6.45) is 2.45. The van der Waals surface area contributed by atoms with Crippen LogP contribution in [0.15, 0.2) is 36.8 Å². The molecule has 118 valence electrons. The van der Waals surface area contributed by atoms with Crippen molar-refractivity contribution in [2.75, 3.05) is 0 Å². The third-order valence-electron chi connectivity index (χ3n) is 3.34. The monoisotopic (exact) mass is 318 g/mol. The van der Waals surface area contributed by atoms with Crippen molar-refractivity contribution in [1.29, 1.82) is 0 Å². The molecule has 0 saturated carbocycles. The molecule has 0 saturated heterocycles. The van der Waals surface area contributed by atoms with Crippen molar-refractivity contribution in [1.82, 2.24) is 19.7 Å². The molecule has 1 unspecified atom stereocenters. The van der Waals surface area contributed by atoms with Gasteiger partial charge < -0.3 is 10.4 Å². The predicted octanol–water partition coefficient (Wildman–Crippen LogP) is 3.00. The molecule has 6 nitrogen and oxygen atoms in total. The summed E-state index contributed by atoms with van der Waals surface area (Å²) in [5.41, 5.74) is 1.52. The summed E-state index contributed by atoms with van der Waals surface area (Å²) in [6.45, 7) is 1.60. The Morgan fingerprint density at radius 1 is 1.30 bits per heavy atom. The molecule has 0 aromatic carbocycles.